The van der Waals surface area contributed by atoms with Crippen molar-refractivity contribution >= 4 is 11.5 Å². The van der Waals surface area contributed by atoms with Crippen LogP contribution in [0.5, 0.6) is 0 Å². The van der Waals surface area contributed by atoms with E-state index in [4.69, 9.17) is 0 Å². The largest absolute Gasteiger partial charge is 0.354 e. The molecule has 0 radical (unpaired) electrons. The number of benzene rings is 1. The van der Waals surface area contributed by atoms with Crippen LogP contribution in [0.1, 0.15) is 18.5 Å². The van der Waals surface area contributed by atoms with E-state index in [0.29, 0.717) is 0 Å². The number of piperazine rings is 1. The van der Waals surface area contributed by atoms with Gasteiger partial charge in [0.2, 0.25) is 0 Å². The summed E-state index contributed by atoms with van der Waals surface area (Å²) in [5.41, 5.74) is 0.967. The summed E-state index contributed by atoms with van der Waals surface area (Å²) in [4.78, 5) is 18.8. The molecule has 0 saturated carbocycles. The van der Waals surface area contributed by atoms with Gasteiger partial charge in [-0.1, -0.05) is 12.1 Å². The third-order valence-electron chi connectivity index (χ3n) is 4.46. The quantitative estimate of drug-likeness (QED) is 0.637. The lowest BCUT2D eigenvalue weighted by atomic mass is 10.1. The molecule has 0 spiro atoms. The Hall–Kier alpha value is -2.54. The van der Waals surface area contributed by atoms with Gasteiger partial charge in [0.1, 0.15) is 17.8 Å². The molecule has 126 valence electrons. The fraction of sp³-hybridized carbons (Fsp3) is 0.353. The summed E-state index contributed by atoms with van der Waals surface area (Å²) in [5, 5.41) is 10.7. The van der Waals surface area contributed by atoms with Gasteiger partial charge >= 0.3 is 0 Å². The molecule has 6 nitrogen and oxygen atoms in total. The average Bonchev–Trinajstić information content (AvgIpc) is 2.61. The number of hydrogen-bond acceptors (Lipinski definition) is 5. The summed E-state index contributed by atoms with van der Waals surface area (Å²) in [5.74, 6) is 0.534. The van der Waals surface area contributed by atoms with E-state index in [9.17, 15) is 14.5 Å². The summed E-state index contributed by atoms with van der Waals surface area (Å²) < 4.78 is 13.4. The number of halogens is 1. The Balaban J connectivity index is 1.62. The SMILES string of the molecule is C[C@H](c1cccc(F)c1)N1CCN(c2ccc([N+](=O)[O-])cn2)CC1. The highest BCUT2D eigenvalue weighted by Gasteiger charge is 2.23. The molecular formula is C17H19FN4O2. The molecule has 7 heteroatoms. The fourth-order valence-electron chi connectivity index (χ4n) is 2.99. The summed E-state index contributed by atoms with van der Waals surface area (Å²) in [6, 6.07) is 10.0. The predicted octanol–water partition coefficient (Wildman–Crippen LogP) is 3.01. The molecule has 2 heterocycles. The van der Waals surface area contributed by atoms with Crippen LogP contribution in [0.25, 0.3) is 0 Å². The molecule has 3 rings (SSSR count). The lowest BCUT2D eigenvalue weighted by Gasteiger charge is -2.38. The number of nitrogens with zero attached hydrogens (tertiary/aromatic N) is 4. The molecule has 2 aromatic rings. The maximum atomic E-state index is 13.4. The summed E-state index contributed by atoms with van der Waals surface area (Å²) in [6.45, 7) is 5.30. The molecule has 1 aliphatic rings. The molecule has 0 amide bonds. The van der Waals surface area contributed by atoms with Crippen LogP contribution >= 0.6 is 0 Å². The molecule has 0 N–H and O–H groups in total. The highest BCUT2D eigenvalue weighted by molar-refractivity contribution is 5.43. The minimum absolute atomic E-state index is 0.00267. The first-order chi connectivity index (χ1) is 11.5. The zero-order chi connectivity index (χ0) is 17.1. The third kappa shape index (κ3) is 3.51. The normalized spacial score (nSPS) is 16.8. The first-order valence-corrected chi connectivity index (χ1v) is 7.89. The number of pyridine rings is 1. The molecule has 1 atom stereocenters. The topological polar surface area (TPSA) is 62.5 Å². The van der Waals surface area contributed by atoms with E-state index in [1.54, 1.807) is 18.2 Å². The average molecular weight is 330 g/mol. The van der Waals surface area contributed by atoms with E-state index in [1.165, 1.54) is 18.3 Å². The van der Waals surface area contributed by atoms with Crippen molar-refractivity contribution in [3.8, 4) is 0 Å². The van der Waals surface area contributed by atoms with Gasteiger partial charge < -0.3 is 4.90 Å². The van der Waals surface area contributed by atoms with E-state index >= 15 is 0 Å². The minimum Gasteiger partial charge on any atom is -0.354 e. The maximum Gasteiger partial charge on any atom is 0.287 e. The monoisotopic (exact) mass is 330 g/mol. The Bertz CT molecular complexity index is 715. The van der Waals surface area contributed by atoms with Gasteiger partial charge in [0.05, 0.1) is 4.92 Å². The number of anilines is 1. The Morgan fingerprint density at radius 2 is 1.96 bits per heavy atom. The Morgan fingerprint density at radius 3 is 2.54 bits per heavy atom. The smallest absolute Gasteiger partial charge is 0.287 e. The molecule has 1 aromatic carbocycles. The van der Waals surface area contributed by atoms with Gasteiger partial charge in [0.25, 0.3) is 5.69 Å². The van der Waals surface area contributed by atoms with Crippen molar-refractivity contribution < 1.29 is 9.31 Å². The van der Waals surface area contributed by atoms with E-state index < -0.39 is 4.92 Å². The van der Waals surface area contributed by atoms with Gasteiger partial charge in [-0.05, 0) is 30.7 Å². The number of aromatic nitrogens is 1. The van der Waals surface area contributed by atoms with Crippen LogP contribution in [-0.4, -0.2) is 41.0 Å². The van der Waals surface area contributed by atoms with Crippen molar-refractivity contribution in [1.82, 2.24) is 9.88 Å². The summed E-state index contributed by atoms with van der Waals surface area (Å²) >= 11 is 0. The molecule has 0 aliphatic carbocycles. The van der Waals surface area contributed by atoms with Crippen LogP contribution in [0.15, 0.2) is 42.6 Å². The van der Waals surface area contributed by atoms with Crippen LogP contribution in [0.3, 0.4) is 0 Å². The number of rotatable bonds is 4. The molecule has 1 saturated heterocycles. The van der Waals surface area contributed by atoms with E-state index in [-0.39, 0.29) is 17.5 Å². The highest BCUT2D eigenvalue weighted by Crippen LogP contribution is 2.24. The summed E-state index contributed by atoms with van der Waals surface area (Å²) in [7, 11) is 0. The lowest BCUT2D eigenvalue weighted by molar-refractivity contribution is -0.385. The molecule has 24 heavy (non-hydrogen) atoms. The second-order valence-electron chi connectivity index (χ2n) is 5.89. The fourth-order valence-corrected chi connectivity index (χ4v) is 2.99. The number of nitro groups is 1. The van der Waals surface area contributed by atoms with Crippen LogP contribution < -0.4 is 4.90 Å². The first-order valence-electron chi connectivity index (χ1n) is 7.89. The van der Waals surface area contributed by atoms with Gasteiger partial charge in [0.15, 0.2) is 0 Å². The van der Waals surface area contributed by atoms with E-state index in [1.807, 2.05) is 6.07 Å². The first kappa shape index (κ1) is 16.3. The van der Waals surface area contributed by atoms with Crippen molar-refractivity contribution in [3.63, 3.8) is 0 Å². The molecular weight excluding hydrogens is 311 g/mol. The van der Waals surface area contributed by atoms with E-state index in [2.05, 4.69) is 21.7 Å². The van der Waals surface area contributed by atoms with Crippen molar-refractivity contribution in [3.05, 3.63) is 64.1 Å². The predicted molar refractivity (Wildman–Crippen MR) is 89.5 cm³/mol. The molecule has 0 unspecified atom stereocenters. The second-order valence-corrected chi connectivity index (χ2v) is 5.89. The zero-order valence-corrected chi connectivity index (χ0v) is 13.4. The standard InChI is InChI=1S/C17H19FN4O2/c1-13(14-3-2-4-15(18)11-14)20-7-9-21(10-8-20)17-6-5-16(12-19-17)22(23)24/h2-6,11-13H,7-10H2,1H3/t13-/m1/s1. The van der Waals surface area contributed by atoms with Crippen LogP contribution in [0.4, 0.5) is 15.9 Å². The summed E-state index contributed by atoms with van der Waals surface area (Å²) in [6.07, 6.45) is 1.29. The Morgan fingerprint density at radius 1 is 1.21 bits per heavy atom. The second kappa shape index (κ2) is 6.92. The van der Waals surface area contributed by atoms with Gasteiger partial charge in [-0.2, -0.15) is 0 Å². The Kier molecular flexibility index (Phi) is 4.71. The number of hydrogen-bond donors (Lipinski definition) is 0. The van der Waals surface area contributed by atoms with Gasteiger partial charge in [-0.15, -0.1) is 0 Å². The third-order valence-corrected chi connectivity index (χ3v) is 4.46. The molecule has 1 fully saturated rings. The van der Waals surface area contributed by atoms with Crippen LogP contribution in [-0.2, 0) is 0 Å². The van der Waals surface area contributed by atoms with Gasteiger partial charge in [-0.3, -0.25) is 15.0 Å². The molecule has 1 aliphatic heterocycles. The zero-order valence-electron chi connectivity index (χ0n) is 13.4. The highest BCUT2D eigenvalue weighted by atomic mass is 19.1. The van der Waals surface area contributed by atoms with Crippen molar-refractivity contribution in [2.24, 2.45) is 0 Å². The lowest BCUT2D eigenvalue weighted by Crippen LogP contribution is -2.47. The molecule has 1 aromatic heterocycles. The van der Waals surface area contributed by atoms with Gasteiger partial charge in [0, 0.05) is 38.3 Å². The van der Waals surface area contributed by atoms with Crippen LogP contribution in [0, 0.1) is 15.9 Å². The van der Waals surface area contributed by atoms with Gasteiger partial charge in [-0.25, -0.2) is 9.37 Å². The van der Waals surface area contributed by atoms with E-state index in [0.717, 1.165) is 37.6 Å². The minimum atomic E-state index is -0.449. The molecule has 0 bridgehead atoms. The van der Waals surface area contributed by atoms with Crippen molar-refractivity contribution in [2.45, 2.75) is 13.0 Å². The Labute approximate surface area is 139 Å². The van der Waals surface area contributed by atoms with Crippen molar-refractivity contribution in [2.75, 3.05) is 31.1 Å². The van der Waals surface area contributed by atoms with Crippen molar-refractivity contribution in [1.29, 1.82) is 0 Å². The van der Waals surface area contributed by atoms with Crippen LogP contribution in [0.2, 0.25) is 0 Å². The maximum absolute atomic E-state index is 13.4.